The Bertz CT molecular complexity index is 1300. The first-order chi connectivity index (χ1) is 19.3. The van der Waals surface area contributed by atoms with Gasteiger partial charge in [-0.2, -0.15) is 0 Å². The Morgan fingerprint density at radius 2 is 1.65 bits per heavy atom. The summed E-state index contributed by atoms with van der Waals surface area (Å²) in [5.74, 6) is -0.127. The van der Waals surface area contributed by atoms with Crippen LogP contribution >= 0.6 is 0 Å². The third-order valence-electron chi connectivity index (χ3n) is 6.45. The molecule has 0 radical (unpaired) electrons. The van der Waals surface area contributed by atoms with Gasteiger partial charge in [-0.15, -0.1) is 0 Å². The van der Waals surface area contributed by atoms with E-state index in [1.54, 1.807) is 49.0 Å². The van der Waals surface area contributed by atoms with E-state index < -0.39 is 15.7 Å². The molecule has 0 fully saturated rings. The zero-order valence-corrected chi connectivity index (χ0v) is 23.5. The molecule has 40 heavy (non-hydrogen) atoms. The van der Waals surface area contributed by atoms with Crippen LogP contribution in [0.25, 0.3) is 11.1 Å². The van der Waals surface area contributed by atoms with Gasteiger partial charge in [0.25, 0.3) is 0 Å². The summed E-state index contributed by atoms with van der Waals surface area (Å²) in [6.45, 7) is 2.70. The van der Waals surface area contributed by atoms with E-state index in [2.05, 4.69) is 11.0 Å². The molecule has 0 aliphatic heterocycles. The predicted molar refractivity (Wildman–Crippen MR) is 152 cm³/mol. The van der Waals surface area contributed by atoms with Crippen molar-refractivity contribution in [2.24, 2.45) is 0 Å². The average molecular weight is 573 g/mol. The van der Waals surface area contributed by atoms with Gasteiger partial charge in [-0.1, -0.05) is 36.4 Å². The van der Waals surface area contributed by atoms with Gasteiger partial charge in [0.2, 0.25) is 5.91 Å². The lowest BCUT2D eigenvalue weighted by Crippen LogP contribution is -2.31. The first-order valence-corrected chi connectivity index (χ1v) is 14.9. The molecule has 0 spiro atoms. The second-order valence-electron chi connectivity index (χ2n) is 9.42. The van der Waals surface area contributed by atoms with Gasteiger partial charge >= 0.3 is 0 Å². The number of nitrogens with one attached hydrogen (secondary N) is 1. The second-order valence-corrected chi connectivity index (χ2v) is 11.5. The van der Waals surface area contributed by atoms with Crippen LogP contribution in [-0.4, -0.2) is 70.1 Å². The average Bonchev–Trinajstić information content (AvgIpc) is 2.96. The molecule has 0 aliphatic rings. The summed E-state index contributed by atoms with van der Waals surface area (Å²) < 4.78 is 49.9. The quantitative estimate of drug-likeness (QED) is 0.181. The van der Waals surface area contributed by atoms with Crippen molar-refractivity contribution in [2.75, 3.05) is 45.7 Å². The lowest BCUT2D eigenvalue weighted by atomic mass is 10.0. The molecular weight excluding hydrogens is 535 g/mol. The van der Waals surface area contributed by atoms with E-state index >= 15 is 0 Å². The summed E-state index contributed by atoms with van der Waals surface area (Å²) in [7, 11) is -1.86. The van der Waals surface area contributed by atoms with E-state index in [9.17, 15) is 17.6 Å². The van der Waals surface area contributed by atoms with E-state index in [-0.39, 0.29) is 22.9 Å². The van der Waals surface area contributed by atoms with Crippen molar-refractivity contribution in [3.8, 4) is 16.9 Å². The number of hydroxylamine groups is 1. The van der Waals surface area contributed by atoms with E-state index in [0.717, 1.165) is 16.7 Å². The molecular formula is C30H37FN2O6S. The molecule has 10 heteroatoms. The number of carbonyl (C=O) groups excluding carboxylic acids is 1. The fourth-order valence-corrected chi connectivity index (χ4v) is 5.55. The van der Waals surface area contributed by atoms with Gasteiger partial charge in [-0.05, 0) is 79.0 Å². The molecule has 0 atom stereocenters. The molecule has 0 bridgehead atoms. The van der Waals surface area contributed by atoms with Gasteiger partial charge in [-0.3, -0.25) is 10.0 Å². The minimum Gasteiger partial charge on any atom is -0.493 e. The van der Waals surface area contributed by atoms with Crippen molar-refractivity contribution < 1.29 is 32.3 Å². The summed E-state index contributed by atoms with van der Waals surface area (Å²) >= 11 is 0. The van der Waals surface area contributed by atoms with Gasteiger partial charge in [0, 0.05) is 26.5 Å². The first-order valence-electron chi connectivity index (χ1n) is 13.3. The third-order valence-corrected chi connectivity index (χ3v) is 8.27. The van der Waals surface area contributed by atoms with Crippen molar-refractivity contribution in [2.45, 2.75) is 30.6 Å². The molecule has 3 rings (SSSR count). The zero-order chi connectivity index (χ0) is 28.8. The highest BCUT2D eigenvalue weighted by Gasteiger charge is 2.16. The summed E-state index contributed by atoms with van der Waals surface area (Å²) in [5.41, 5.74) is 4.64. The summed E-state index contributed by atoms with van der Waals surface area (Å²) in [6.07, 6.45) is 1.84. The molecule has 216 valence electrons. The second kappa shape index (κ2) is 16.1. The summed E-state index contributed by atoms with van der Waals surface area (Å²) in [6, 6.07) is 20.8. The standard InChI is InChI=1S/C30H37FN2O6S/c1-38-21-19-33(17-3-7-30(34)32-35)18-4-22-40(36,37)29-14-12-28(13-15-29)39-20-16-24-5-2-6-26(23-24)25-8-10-27(31)11-9-25/h2,5-6,8-15,23,35H,3-4,7,16-22H2,1H3,(H,32,34). The predicted octanol–water partition coefficient (Wildman–Crippen LogP) is 4.51. The fourth-order valence-electron chi connectivity index (χ4n) is 4.25. The van der Waals surface area contributed by atoms with E-state index in [4.69, 9.17) is 14.7 Å². The number of carbonyl (C=O) groups is 1. The molecule has 0 aliphatic carbocycles. The highest BCUT2D eigenvalue weighted by Crippen LogP contribution is 2.22. The van der Waals surface area contributed by atoms with Gasteiger partial charge in [-0.25, -0.2) is 18.3 Å². The molecule has 0 saturated heterocycles. The highest BCUT2D eigenvalue weighted by molar-refractivity contribution is 7.91. The minimum absolute atomic E-state index is 0.00178. The van der Waals surface area contributed by atoms with Crippen LogP contribution in [-0.2, 0) is 25.8 Å². The number of benzene rings is 3. The Morgan fingerprint density at radius 3 is 2.35 bits per heavy atom. The number of sulfone groups is 1. The molecule has 8 nitrogen and oxygen atoms in total. The van der Waals surface area contributed by atoms with Crippen LogP contribution in [0.5, 0.6) is 5.75 Å². The number of hydrogen-bond acceptors (Lipinski definition) is 7. The summed E-state index contributed by atoms with van der Waals surface area (Å²) in [5, 5.41) is 8.62. The normalized spacial score (nSPS) is 11.5. The lowest BCUT2D eigenvalue weighted by molar-refractivity contribution is -0.129. The van der Waals surface area contributed by atoms with Gasteiger partial charge in [0.15, 0.2) is 9.84 Å². The topological polar surface area (TPSA) is 105 Å². The molecule has 0 unspecified atom stereocenters. The van der Waals surface area contributed by atoms with Crippen molar-refractivity contribution >= 4 is 15.7 Å². The Labute approximate surface area is 235 Å². The van der Waals surface area contributed by atoms with Crippen LogP contribution in [0.3, 0.4) is 0 Å². The minimum atomic E-state index is -3.46. The van der Waals surface area contributed by atoms with E-state index in [0.29, 0.717) is 57.9 Å². The van der Waals surface area contributed by atoms with Gasteiger partial charge < -0.3 is 14.4 Å². The number of halogens is 1. The van der Waals surface area contributed by atoms with E-state index in [1.165, 1.54) is 12.1 Å². The van der Waals surface area contributed by atoms with Crippen LogP contribution in [0, 0.1) is 5.82 Å². The Balaban J connectivity index is 1.46. The van der Waals surface area contributed by atoms with E-state index in [1.807, 2.05) is 18.2 Å². The van der Waals surface area contributed by atoms with Crippen LogP contribution in [0.2, 0.25) is 0 Å². The monoisotopic (exact) mass is 572 g/mol. The molecule has 1 amide bonds. The van der Waals surface area contributed by atoms with Crippen molar-refractivity contribution in [3.63, 3.8) is 0 Å². The molecule has 2 N–H and O–H groups in total. The maximum atomic E-state index is 13.2. The molecule has 0 aromatic heterocycles. The molecule has 0 saturated carbocycles. The smallest absolute Gasteiger partial charge is 0.243 e. The number of rotatable bonds is 17. The Hall–Kier alpha value is -3.31. The van der Waals surface area contributed by atoms with Crippen molar-refractivity contribution in [1.82, 2.24) is 10.4 Å². The Morgan fingerprint density at radius 1 is 0.925 bits per heavy atom. The lowest BCUT2D eigenvalue weighted by Gasteiger charge is -2.21. The maximum absolute atomic E-state index is 13.2. The number of ether oxygens (including phenoxy) is 2. The SMILES string of the molecule is COCCN(CCCC(=O)NO)CCCS(=O)(=O)c1ccc(OCCc2cccc(-c3ccc(F)cc3)c2)cc1. The zero-order valence-electron chi connectivity index (χ0n) is 22.7. The van der Waals surface area contributed by atoms with Crippen LogP contribution in [0.1, 0.15) is 24.8 Å². The maximum Gasteiger partial charge on any atom is 0.243 e. The van der Waals surface area contributed by atoms with Crippen LogP contribution < -0.4 is 10.2 Å². The van der Waals surface area contributed by atoms with Gasteiger partial charge in [0.1, 0.15) is 11.6 Å². The number of amides is 1. The Kier molecular flexibility index (Phi) is 12.5. The van der Waals surface area contributed by atoms with Crippen molar-refractivity contribution in [1.29, 1.82) is 0 Å². The number of methoxy groups -OCH3 is 1. The number of hydrogen-bond donors (Lipinski definition) is 2. The van der Waals surface area contributed by atoms with Crippen molar-refractivity contribution in [3.05, 3.63) is 84.2 Å². The molecule has 0 heterocycles. The van der Waals surface area contributed by atoms with Crippen LogP contribution in [0.4, 0.5) is 4.39 Å². The number of nitrogens with zero attached hydrogens (tertiary/aromatic N) is 1. The van der Waals surface area contributed by atoms with Gasteiger partial charge in [0.05, 0.1) is 23.9 Å². The fraction of sp³-hybridized carbons (Fsp3) is 0.367. The third kappa shape index (κ3) is 10.3. The largest absolute Gasteiger partial charge is 0.493 e. The first kappa shape index (κ1) is 31.2. The highest BCUT2D eigenvalue weighted by atomic mass is 32.2. The van der Waals surface area contributed by atoms with Crippen LogP contribution in [0.15, 0.2) is 77.7 Å². The summed E-state index contributed by atoms with van der Waals surface area (Å²) in [4.78, 5) is 13.5. The molecule has 3 aromatic carbocycles. The molecule has 3 aromatic rings.